The maximum absolute atomic E-state index is 5.18. The Morgan fingerprint density at radius 1 is 1.67 bits per heavy atom. The van der Waals surface area contributed by atoms with Crippen LogP contribution in [0.2, 0.25) is 0 Å². The maximum Gasteiger partial charge on any atom is 0.0199 e. The third-order valence-corrected chi connectivity index (χ3v) is 0.937. The fraction of sp³-hybridized carbons (Fsp3) is 0.333. The molecule has 0 heterocycles. The van der Waals surface area contributed by atoms with Crippen LogP contribution in [0.25, 0.3) is 0 Å². The van der Waals surface area contributed by atoms with Gasteiger partial charge in [0.1, 0.15) is 0 Å². The molecule has 0 aromatic rings. The Hall–Kier alpha value is -0.960. The van der Waals surface area contributed by atoms with Crippen molar-refractivity contribution in [1.82, 2.24) is 0 Å². The van der Waals surface area contributed by atoms with Gasteiger partial charge in [-0.15, -0.1) is 6.42 Å². The summed E-state index contributed by atoms with van der Waals surface area (Å²) in [6.07, 6.45) is 12.1. The second kappa shape index (κ2) is 5.18. The molecule has 0 aromatic heterocycles. The minimum atomic E-state index is 0.972. The number of terminal acetylenes is 1. The standard InChI is InChI=1S/C9H12/c1-4-7-9(6-3)8-5-2/h3-4,7-8H,5H2,1-2H3. The highest BCUT2D eigenvalue weighted by atomic mass is 13.8. The number of allylic oxidation sites excluding steroid dienone is 4. The molecule has 0 aliphatic rings. The predicted molar refractivity (Wildman–Crippen MR) is 42.0 cm³/mol. The molecule has 0 rings (SSSR count). The van der Waals surface area contributed by atoms with Crippen molar-refractivity contribution >= 4 is 0 Å². The van der Waals surface area contributed by atoms with Crippen LogP contribution in [-0.4, -0.2) is 0 Å². The molecule has 0 heteroatoms. The lowest BCUT2D eigenvalue weighted by Crippen LogP contribution is -1.68. The van der Waals surface area contributed by atoms with Crippen LogP contribution in [0.5, 0.6) is 0 Å². The molecular formula is C9H12. The van der Waals surface area contributed by atoms with Crippen LogP contribution in [0, 0.1) is 12.3 Å². The SMILES string of the molecule is C#CC(C=CC)=CCC. The van der Waals surface area contributed by atoms with Gasteiger partial charge in [0.25, 0.3) is 0 Å². The van der Waals surface area contributed by atoms with E-state index in [4.69, 9.17) is 6.42 Å². The lowest BCUT2D eigenvalue weighted by Gasteiger charge is -1.85. The highest BCUT2D eigenvalue weighted by molar-refractivity contribution is 5.35. The summed E-state index contributed by atoms with van der Waals surface area (Å²) in [5, 5.41) is 0. The molecule has 0 bridgehead atoms. The maximum atomic E-state index is 5.18. The van der Waals surface area contributed by atoms with Gasteiger partial charge in [-0.05, 0) is 13.3 Å². The van der Waals surface area contributed by atoms with Gasteiger partial charge in [-0.3, -0.25) is 0 Å². The van der Waals surface area contributed by atoms with Crippen LogP contribution in [0.3, 0.4) is 0 Å². The number of rotatable bonds is 2. The summed E-state index contributed by atoms with van der Waals surface area (Å²) in [5.74, 6) is 2.58. The lowest BCUT2D eigenvalue weighted by molar-refractivity contribution is 1.21. The molecule has 0 unspecified atom stereocenters. The highest BCUT2D eigenvalue weighted by Gasteiger charge is 1.78. The van der Waals surface area contributed by atoms with Gasteiger partial charge in [0.05, 0.1) is 0 Å². The Morgan fingerprint density at radius 3 is 2.67 bits per heavy atom. The van der Waals surface area contributed by atoms with Crippen LogP contribution < -0.4 is 0 Å². The van der Waals surface area contributed by atoms with Crippen LogP contribution >= 0.6 is 0 Å². The first kappa shape index (κ1) is 8.04. The molecule has 0 radical (unpaired) electrons. The topological polar surface area (TPSA) is 0 Å². The highest BCUT2D eigenvalue weighted by Crippen LogP contribution is 1.95. The molecule has 0 nitrogen and oxygen atoms in total. The average molecular weight is 120 g/mol. The van der Waals surface area contributed by atoms with Crippen molar-refractivity contribution in [3.05, 3.63) is 23.8 Å². The van der Waals surface area contributed by atoms with Crippen molar-refractivity contribution in [1.29, 1.82) is 0 Å². The first-order chi connectivity index (χ1) is 4.35. The summed E-state index contributed by atoms with van der Waals surface area (Å²) in [6, 6.07) is 0. The summed E-state index contributed by atoms with van der Waals surface area (Å²) < 4.78 is 0. The predicted octanol–water partition coefficient (Wildman–Crippen LogP) is 2.53. The molecule has 0 N–H and O–H groups in total. The number of hydrogen-bond donors (Lipinski definition) is 0. The van der Waals surface area contributed by atoms with E-state index in [0.717, 1.165) is 12.0 Å². The Morgan fingerprint density at radius 2 is 2.33 bits per heavy atom. The minimum Gasteiger partial charge on any atom is -0.115 e. The molecular weight excluding hydrogens is 108 g/mol. The third-order valence-electron chi connectivity index (χ3n) is 0.937. The third kappa shape index (κ3) is 3.61. The molecule has 0 atom stereocenters. The first-order valence-corrected chi connectivity index (χ1v) is 3.14. The molecule has 0 aliphatic heterocycles. The van der Waals surface area contributed by atoms with Crippen LogP contribution in [0.4, 0.5) is 0 Å². The minimum absolute atomic E-state index is 0.972. The van der Waals surface area contributed by atoms with Gasteiger partial charge in [-0.1, -0.05) is 31.1 Å². The molecule has 9 heavy (non-hydrogen) atoms. The molecule has 0 fully saturated rings. The lowest BCUT2D eigenvalue weighted by atomic mass is 10.2. The molecule has 0 spiro atoms. The van der Waals surface area contributed by atoms with E-state index < -0.39 is 0 Å². The normalized spacial score (nSPS) is 11.9. The van der Waals surface area contributed by atoms with E-state index in [1.807, 2.05) is 25.2 Å². The summed E-state index contributed by atoms with van der Waals surface area (Å²) in [6.45, 7) is 4.03. The van der Waals surface area contributed by atoms with Gasteiger partial charge in [0.15, 0.2) is 0 Å². The fourth-order valence-corrected chi connectivity index (χ4v) is 0.575. The monoisotopic (exact) mass is 120 g/mol. The summed E-state index contributed by atoms with van der Waals surface area (Å²) >= 11 is 0. The molecule has 0 aromatic carbocycles. The second-order valence-electron chi connectivity index (χ2n) is 1.71. The van der Waals surface area contributed by atoms with E-state index in [2.05, 4.69) is 12.8 Å². The zero-order valence-corrected chi connectivity index (χ0v) is 6.02. The number of hydrogen-bond acceptors (Lipinski definition) is 0. The zero-order valence-electron chi connectivity index (χ0n) is 6.02. The van der Waals surface area contributed by atoms with Crippen molar-refractivity contribution in [2.45, 2.75) is 20.3 Å². The Bertz CT molecular complexity index is 153. The van der Waals surface area contributed by atoms with Crippen molar-refractivity contribution in [3.8, 4) is 12.3 Å². The average Bonchev–Trinajstić information content (AvgIpc) is 1.88. The summed E-state index contributed by atoms with van der Waals surface area (Å²) in [7, 11) is 0. The molecule has 0 saturated carbocycles. The van der Waals surface area contributed by atoms with E-state index in [1.54, 1.807) is 0 Å². The van der Waals surface area contributed by atoms with Crippen LogP contribution in [0.1, 0.15) is 20.3 Å². The van der Waals surface area contributed by atoms with Gasteiger partial charge in [-0.2, -0.15) is 0 Å². The first-order valence-electron chi connectivity index (χ1n) is 3.14. The van der Waals surface area contributed by atoms with E-state index in [-0.39, 0.29) is 0 Å². The Kier molecular flexibility index (Phi) is 4.63. The summed E-state index contributed by atoms with van der Waals surface area (Å²) in [4.78, 5) is 0. The second-order valence-corrected chi connectivity index (χ2v) is 1.71. The van der Waals surface area contributed by atoms with Crippen molar-refractivity contribution in [2.24, 2.45) is 0 Å². The Balaban J connectivity index is 4.02. The van der Waals surface area contributed by atoms with Gasteiger partial charge in [0.2, 0.25) is 0 Å². The molecule has 0 aliphatic carbocycles. The fourth-order valence-electron chi connectivity index (χ4n) is 0.575. The smallest absolute Gasteiger partial charge is 0.0199 e. The van der Waals surface area contributed by atoms with Gasteiger partial charge >= 0.3 is 0 Å². The van der Waals surface area contributed by atoms with E-state index in [9.17, 15) is 0 Å². The summed E-state index contributed by atoms with van der Waals surface area (Å²) in [5.41, 5.74) is 0.972. The van der Waals surface area contributed by atoms with E-state index >= 15 is 0 Å². The van der Waals surface area contributed by atoms with Crippen LogP contribution in [0.15, 0.2) is 23.8 Å². The van der Waals surface area contributed by atoms with Gasteiger partial charge in [0, 0.05) is 5.57 Å². The van der Waals surface area contributed by atoms with E-state index in [1.165, 1.54) is 0 Å². The largest absolute Gasteiger partial charge is 0.115 e. The van der Waals surface area contributed by atoms with E-state index in [0.29, 0.717) is 0 Å². The molecule has 0 amide bonds. The molecule has 0 saturated heterocycles. The molecule has 48 valence electrons. The Labute approximate surface area is 57.3 Å². The zero-order chi connectivity index (χ0) is 7.11. The van der Waals surface area contributed by atoms with Gasteiger partial charge in [-0.25, -0.2) is 0 Å². The van der Waals surface area contributed by atoms with Crippen molar-refractivity contribution < 1.29 is 0 Å². The van der Waals surface area contributed by atoms with Crippen molar-refractivity contribution in [2.75, 3.05) is 0 Å². The van der Waals surface area contributed by atoms with Crippen LogP contribution in [-0.2, 0) is 0 Å². The van der Waals surface area contributed by atoms with Crippen molar-refractivity contribution in [3.63, 3.8) is 0 Å². The quantitative estimate of drug-likeness (QED) is 0.388. The van der Waals surface area contributed by atoms with Gasteiger partial charge < -0.3 is 0 Å².